The largest absolute Gasteiger partial charge is 0.393 e. The van der Waals surface area contributed by atoms with E-state index in [1.165, 1.54) is 4.90 Å². The summed E-state index contributed by atoms with van der Waals surface area (Å²) < 4.78 is 20.9. The predicted octanol–water partition coefficient (Wildman–Crippen LogP) is 2.25. The van der Waals surface area contributed by atoms with Crippen molar-refractivity contribution < 1.29 is 19.0 Å². The molecule has 0 aromatic heterocycles. The van der Waals surface area contributed by atoms with Crippen LogP contribution in [0.2, 0.25) is 0 Å². The van der Waals surface area contributed by atoms with Gasteiger partial charge >= 0.3 is 0 Å². The summed E-state index contributed by atoms with van der Waals surface area (Å²) in [6.07, 6.45) is 1.34. The van der Waals surface area contributed by atoms with Gasteiger partial charge in [-0.1, -0.05) is 19.9 Å². The Morgan fingerprint density at radius 2 is 2.09 bits per heavy atom. The van der Waals surface area contributed by atoms with Gasteiger partial charge < -0.3 is 15.6 Å². The first-order chi connectivity index (χ1) is 15.7. The van der Waals surface area contributed by atoms with Crippen LogP contribution in [-0.2, 0) is 21.5 Å². The minimum absolute atomic E-state index is 0.0118. The number of aliphatic hydroxyl groups is 1. The van der Waals surface area contributed by atoms with Crippen LogP contribution in [0, 0.1) is 35.0 Å². The van der Waals surface area contributed by atoms with Gasteiger partial charge in [-0.3, -0.25) is 9.69 Å². The van der Waals surface area contributed by atoms with E-state index in [9.17, 15) is 15.2 Å². The molecule has 2 fully saturated rings. The number of nitrogens with zero attached hydrogens (tertiary/aromatic N) is 3. The monoisotopic (exact) mass is 454 g/mol. The van der Waals surface area contributed by atoms with Crippen molar-refractivity contribution in [2.24, 2.45) is 34.4 Å². The highest BCUT2D eigenvalue weighted by Gasteiger charge is 2.63. The maximum Gasteiger partial charge on any atom is 0.262 e. The van der Waals surface area contributed by atoms with Crippen molar-refractivity contribution in [3.8, 4) is 6.07 Å². The summed E-state index contributed by atoms with van der Waals surface area (Å²) in [5.74, 6) is -0.599. The van der Waals surface area contributed by atoms with Gasteiger partial charge in [0.25, 0.3) is 5.91 Å². The quantitative estimate of drug-likeness (QED) is 0.712. The summed E-state index contributed by atoms with van der Waals surface area (Å²) in [4.78, 5) is 20.3. The lowest BCUT2D eigenvalue weighted by Gasteiger charge is -2.52. The Labute approximate surface area is 193 Å². The summed E-state index contributed by atoms with van der Waals surface area (Å²) in [5, 5.41) is 20.5. The van der Waals surface area contributed by atoms with Crippen LogP contribution < -0.4 is 5.73 Å². The second-order valence-corrected chi connectivity index (χ2v) is 10.4. The second kappa shape index (κ2) is 7.78. The van der Waals surface area contributed by atoms with Crippen LogP contribution in [0.5, 0.6) is 0 Å². The fourth-order valence-corrected chi connectivity index (χ4v) is 6.82. The minimum Gasteiger partial charge on any atom is -0.393 e. The molecule has 3 N–H and O–H groups in total. The standard InChI is InChI=1S/C25H31FN4O3/c1-14-9-18-11-17-4-3-16(12-27)10-19(17)25(20(18)15(2)21(14)31)22(32)30(23(28)29-25)13-24(26)5-7-33-8-6-24/h3-4,10,14-15,18,20-21,31H,5-9,11,13H2,1-2H3,(H2,28,29)/t14-,15+,18?,20?,21+,25?/m1/s1. The molecule has 0 bridgehead atoms. The number of hydrogen-bond donors (Lipinski definition) is 2. The smallest absolute Gasteiger partial charge is 0.262 e. The molecule has 33 heavy (non-hydrogen) atoms. The van der Waals surface area contributed by atoms with Crippen molar-refractivity contribution in [3.63, 3.8) is 0 Å². The van der Waals surface area contributed by atoms with Crippen LogP contribution in [0.25, 0.3) is 0 Å². The van der Waals surface area contributed by atoms with Crippen molar-refractivity contribution in [2.75, 3.05) is 19.8 Å². The fourth-order valence-electron chi connectivity index (χ4n) is 6.82. The molecule has 0 radical (unpaired) electrons. The van der Waals surface area contributed by atoms with Gasteiger partial charge in [-0.2, -0.15) is 5.26 Å². The third kappa shape index (κ3) is 3.28. The van der Waals surface area contributed by atoms with E-state index in [1.807, 2.05) is 19.9 Å². The molecule has 1 spiro atoms. The Balaban J connectivity index is 1.63. The average Bonchev–Trinajstić information content (AvgIpc) is 3.02. The third-order valence-corrected chi connectivity index (χ3v) is 8.45. The Kier molecular flexibility index (Phi) is 5.26. The number of carbonyl (C=O) groups excluding carboxylic acids is 1. The zero-order valence-electron chi connectivity index (χ0n) is 19.1. The maximum absolute atomic E-state index is 15.6. The number of nitrogens with two attached hydrogens (primary N) is 1. The van der Waals surface area contributed by atoms with Gasteiger partial charge in [-0.15, -0.1) is 0 Å². The number of fused-ring (bicyclic) bond motifs is 4. The lowest BCUT2D eigenvalue weighted by Crippen LogP contribution is -2.59. The number of alkyl halides is 1. The molecule has 2 aliphatic carbocycles. The highest BCUT2D eigenvalue weighted by Crippen LogP contribution is 2.57. The first-order valence-electron chi connectivity index (χ1n) is 11.9. The highest BCUT2D eigenvalue weighted by atomic mass is 19.1. The van der Waals surface area contributed by atoms with Crippen molar-refractivity contribution in [2.45, 2.75) is 56.8 Å². The topological polar surface area (TPSA) is 112 Å². The van der Waals surface area contributed by atoms with Gasteiger partial charge in [-0.05, 0) is 53.9 Å². The maximum atomic E-state index is 15.6. The number of benzene rings is 1. The summed E-state index contributed by atoms with van der Waals surface area (Å²) >= 11 is 0. The summed E-state index contributed by atoms with van der Waals surface area (Å²) in [6.45, 7) is 4.46. The van der Waals surface area contributed by atoms with Crippen molar-refractivity contribution in [1.29, 1.82) is 5.26 Å². The number of aliphatic imine (C=N–C) groups is 1. The van der Waals surface area contributed by atoms with Gasteiger partial charge in [0.15, 0.2) is 11.5 Å². The van der Waals surface area contributed by atoms with Crippen LogP contribution >= 0.6 is 0 Å². The number of nitriles is 1. The van der Waals surface area contributed by atoms with E-state index in [0.29, 0.717) is 24.3 Å². The molecule has 6 atom stereocenters. The first-order valence-corrected chi connectivity index (χ1v) is 11.9. The average molecular weight is 455 g/mol. The Bertz CT molecular complexity index is 1050. The van der Waals surface area contributed by atoms with E-state index in [1.54, 1.807) is 12.1 Å². The molecule has 4 aliphatic rings. The van der Waals surface area contributed by atoms with E-state index in [-0.39, 0.29) is 54.9 Å². The Morgan fingerprint density at radius 1 is 1.36 bits per heavy atom. The lowest BCUT2D eigenvalue weighted by molar-refractivity contribution is -0.143. The molecule has 1 aromatic carbocycles. The number of amides is 1. The number of guanidine groups is 1. The van der Waals surface area contributed by atoms with Gasteiger partial charge in [0.05, 0.1) is 24.3 Å². The summed E-state index contributed by atoms with van der Waals surface area (Å²) in [6, 6.07) is 7.57. The highest BCUT2D eigenvalue weighted by molar-refractivity contribution is 6.08. The Morgan fingerprint density at radius 3 is 2.79 bits per heavy atom. The van der Waals surface area contributed by atoms with Crippen molar-refractivity contribution in [1.82, 2.24) is 4.90 Å². The number of rotatable bonds is 2. The van der Waals surface area contributed by atoms with Gasteiger partial charge in [-0.25, -0.2) is 9.38 Å². The molecule has 7 nitrogen and oxygen atoms in total. The number of carbonyl (C=O) groups is 1. The van der Waals surface area contributed by atoms with Crippen LogP contribution in [0.3, 0.4) is 0 Å². The Hall–Kier alpha value is -2.50. The fraction of sp³-hybridized carbons (Fsp3) is 0.640. The summed E-state index contributed by atoms with van der Waals surface area (Å²) in [5.41, 5.74) is 5.49. The molecule has 1 amide bonds. The van der Waals surface area contributed by atoms with Crippen LogP contribution in [0.4, 0.5) is 4.39 Å². The SMILES string of the molecule is C[C@@H]1CC2Cc3ccc(C#N)cc3C3(N=C(N)N(CC4(F)CCOCC4)C3=O)C2[C@H](C)[C@H]1O. The molecule has 1 saturated carbocycles. The van der Waals surface area contributed by atoms with E-state index in [2.05, 4.69) is 6.07 Å². The van der Waals surface area contributed by atoms with E-state index >= 15 is 4.39 Å². The van der Waals surface area contributed by atoms with Gasteiger partial charge in [0.2, 0.25) is 0 Å². The molecular formula is C25H31FN4O3. The molecule has 2 heterocycles. The number of hydrogen-bond acceptors (Lipinski definition) is 6. The van der Waals surface area contributed by atoms with Crippen LogP contribution in [0.15, 0.2) is 23.2 Å². The minimum atomic E-state index is -1.59. The van der Waals surface area contributed by atoms with Crippen molar-refractivity contribution in [3.05, 3.63) is 34.9 Å². The van der Waals surface area contributed by atoms with Gasteiger partial charge in [0, 0.05) is 32.0 Å². The van der Waals surface area contributed by atoms with Crippen LogP contribution in [-0.4, -0.2) is 53.4 Å². The molecule has 1 saturated heterocycles. The normalized spacial score (nSPS) is 37.3. The number of halogens is 1. The molecule has 8 heteroatoms. The van der Waals surface area contributed by atoms with E-state index < -0.39 is 17.3 Å². The van der Waals surface area contributed by atoms with Crippen LogP contribution in [0.1, 0.15) is 49.8 Å². The third-order valence-electron chi connectivity index (χ3n) is 8.45. The zero-order chi connectivity index (χ0) is 23.5. The molecule has 176 valence electrons. The molecule has 2 aliphatic heterocycles. The van der Waals surface area contributed by atoms with E-state index in [0.717, 1.165) is 18.4 Å². The van der Waals surface area contributed by atoms with Gasteiger partial charge in [0.1, 0.15) is 5.67 Å². The number of aliphatic hydroxyl groups excluding tert-OH is 1. The lowest BCUT2D eigenvalue weighted by atomic mass is 9.53. The molecule has 5 rings (SSSR count). The molecule has 3 unspecified atom stereocenters. The molecular weight excluding hydrogens is 423 g/mol. The van der Waals surface area contributed by atoms with E-state index in [4.69, 9.17) is 15.5 Å². The second-order valence-electron chi connectivity index (χ2n) is 10.4. The van der Waals surface area contributed by atoms with Crippen molar-refractivity contribution >= 4 is 11.9 Å². The first kappa shape index (κ1) is 22.3. The predicted molar refractivity (Wildman–Crippen MR) is 120 cm³/mol. The zero-order valence-corrected chi connectivity index (χ0v) is 19.1. The molecule has 1 aromatic rings. The number of ether oxygens (including phenoxy) is 1. The summed E-state index contributed by atoms with van der Waals surface area (Å²) in [7, 11) is 0.